The van der Waals surface area contributed by atoms with E-state index in [1.54, 1.807) is 0 Å². The molecule has 1 saturated carbocycles. The first-order valence-electron chi connectivity index (χ1n) is 7.54. The number of hydrogen-bond acceptors (Lipinski definition) is 2. The van der Waals surface area contributed by atoms with Crippen LogP contribution in [0.5, 0.6) is 0 Å². The molecule has 0 amide bonds. The predicted molar refractivity (Wildman–Crippen MR) is 75.4 cm³/mol. The highest BCUT2D eigenvalue weighted by molar-refractivity contribution is 5.12. The number of nitrogens with one attached hydrogen (secondary N) is 1. The van der Waals surface area contributed by atoms with Crippen molar-refractivity contribution in [3.05, 3.63) is 18.0 Å². The smallest absolute Gasteiger partial charge is 0.0537 e. The first-order valence-corrected chi connectivity index (χ1v) is 7.54. The standard InChI is InChI=1S/C15H27N3/c1-4-12-7-8-13(9-12)15(16-5-2)14-10-17-18(6-3)11-14/h10-13,15-16H,4-9H2,1-3H3. The van der Waals surface area contributed by atoms with Gasteiger partial charge in [0.1, 0.15) is 0 Å². The predicted octanol–water partition coefficient (Wildman–Crippen LogP) is 3.38. The van der Waals surface area contributed by atoms with E-state index in [4.69, 9.17) is 0 Å². The summed E-state index contributed by atoms with van der Waals surface area (Å²) in [6, 6.07) is 0.506. The number of aryl methyl sites for hydroxylation is 1. The zero-order valence-corrected chi connectivity index (χ0v) is 12.0. The summed E-state index contributed by atoms with van der Waals surface area (Å²) < 4.78 is 2.03. The highest BCUT2D eigenvalue weighted by Gasteiger charge is 2.31. The first kappa shape index (κ1) is 13.6. The average molecular weight is 249 g/mol. The molecule has 1 aliphatic rings. The van der Waals surface area contributed by atoms with E-state index in [9.17, 15) is 0 Å². The molecule has 0 spiro atoms. The average Bonchev–Trinajstić information content (AvgIpc) is 3.04. The molecule has 3 nitrogen and oxygen atoms in total. The number of nitrogens with zero attached hydrogens (tertiary/aromatic N) is 2. The number of rotatable bonds is 6. The quantitative estimate of drug-likeness (QED) is 0.837. The Bertz CT molecular complexity index is 358. The molecule has 0 aliphatic heterocycles. The summed E-state index contributed by atoms with van der Waals surface area (Å²) in [4.78, 5) is 0. The fourth-order valence-electron chi connectivity index (χ4n) is 3.28. The lowest BCUT2D eigenvalue weighted by atomic mass is 9.92. The molecule has 3 unspecified atom stereocenters. The van der Waals surface area contributed by atoms with Crippen LogP contribution >= 0.6 is 0 Å². The summed E-state index contributed by atoms with van der Waals surface area (Å²) in [7, 11) is 0. The van der Waals surface area contributed by atoms with E-state index in [2.05, 4.69) is 43.6 Å². The Kier molecular flexibility index (Phi) is 4.81. The monoisotopic (exact) mass is 249 g/mol. The second-order valence-electron chi connectivity index (χ2n) is 5.51. The van der Waals surface area contributed by atoms with E-state index in [1.807, 2.05) is 4.68 Å². The summed E-state index contributed by atoms with van der Waals surface area (Å²) >= 11 is 0. The highest BCUT2D eigenvalue weighted by atomic mass is 15.3. The van der Waals surface area contributed by atoms with Crippen molar-refractivity contribution < 1.29 is 0 Å². The molecule has 0 saturated heterocycles. The fourth-order valence-corrected chi connectivity index (χ4v) is 3.28. The maximum absolute atomic E-state index is 4.43. The van der Waals surface area contributed by atoms with Gasteiger partial charge in [0.25, 0.3) is 0 Å². The molecule has 2 rings (SSSR count). The van der Waals surface area contributed by atoms with Crippen LogP contribution in [-0.2, 0) is 6.54 Å². The van der Waals surface area contributed by atoms with Gasteiger partial charge in [-0.2, -0.15) is 5.10 Å². The van der Waals surface area contributed by atoms with Crippen LogP contribution in [0.2, 0.25) is 0 Å². The van der Waals surface area contributed by atoms with Crippen LogP contribution in [0.15, 0.2) is 12.4 Å². The summed E-state index contributed by atoms with van der Waals surface area (Å²) in [6.07, 6.45) is 9.76. The van der Waals surface area contributed by atoms with E-state index < -0.39 is 0 Å². The van der Waals surface area contributed by atoms with Gasteiger partial charge in [-0.05, 0) is 38.1 Å². The van der Waals surface area contributed by atoms with Crippen molar-refractivity contribution in [3.8, 4) is 0 Å². The van der Waals surface area contributed by atoms with E-state index in [0.29, 0.717) is 6.04 Å². The first-order chi connectivity index (χ1) is 8.78. The molecule has 3 heteroatoms. The van der Waals surface area contributed by atoms with Crippen LogP contribution in [0, 0.1) is 11.8 Å². The molecule has 18 heavy (non-hydrogen) atoms. The molecule has 1 aromatic rings. The largest absolute Gasteiger partial charge is 0.310 e. The maximum atomic E-state index is 4.43. The Balaban J connectivity index is 2.08. The van der Waals surface area contributed by atoms with Gasteiger partial charge in [0.15, 0.2) is 0 Å². The van der Waals surface area contributed by atoms with Crippen molar-refractivity contribution in [2.24, 2.45) is 11.8 Å². The minimum Gasteiger partial charge on any atom is -0.310 e. The van der Waals surface area contributed by atoms with Gasteiger partial charge in [-0.15, -0.1) is 0 Å². The number of hydrogen-bond donors (Lipinski definition) is 1. The molecule has 1 N–H and O–H groups in total. The summed E-state index contributed by atoms with van der Waals surface area (Å²) in [5.74, 6) is 1.74. The lowest BCUT2D eigenvalue weighted by Crippen LogP contribution is -2.26. The van der Waals surface area contributed by atoms with Crippen molar-refractivity contribution in [1.29, 1.82) is 0 Å². The molecule has 0 bridgehead atoms. The molecule has 1 aromatic heterocycles. The Morgan fingerprint density at radius 3 is 2.78 bits per heavy atom. The fraction of sp³-hybridized carbons (Fsp3) is 0.800. The van der Waals surface area contributed by atoms with Gasteiger partial charge in [0.2, 0.25) is 0 Å². The zero-order chi connectivity index (χ0) is 13.0. The molecule has 3 atom stereocenters. The molecule has 0 aromatic carbocycles. The summed E-state index contributed by atoms with van der Waals surface area (Å²) in [5, 5.41) is 8.09. The highest BCUT2D eigenvalue weighted by Crippen LogP contribution is 2.40. The van der Waals surface area contributed by atoms with E-state index in [-0.39, 0.29) is 0 Å². The van der Waals surface area contributed by atoms with Crippen LogP contribution in [0.1, 0.15) is 58.1 Å². The Labute approximate surface area is 111 Å². The van der Waals surface area contributed by atoms with Crippen molar-refractivity contribution >= 4 is 0 Å². The van der Waals surface area contributed by atoms with Crippen LogP contribution in [0.3, 0.4) is 0 Å². The number of aromatic nitrogens is 2. The summed E-state index contributed by atoms with van der Waals surface area (Å²) in [5.41, 5.74) is 1.38. The van der Waals surface area contributed by atoms with Crippen LogP contribution in [0.25, 0.3) is 0 Å². The van der Waals surface area contributed by atoms with Crippen LogP contribution < -0.4 is 5.32 Å². The van der Waals surface area contributed by atoms with E-state index in [1.165, 1.54) is 31.2 Å². The van der Waals surface area contributed by atoms with Gasteiger partial charge in [-0.1, -0.05) is 26.7 Å². The van der Waals surface area contributed by atoms with Crippen molar-refractivity contribution in [3.63, 3.8) is 0 Å². The molecule has 1 aliphatic carbocycles. The Hall–Kier alpha value is -0.830. The van der Waals surface area contributed by atoms with Crippen molar-refractivity contribution in [2.45, 2.75) is 59.0 Å². The lowest BCUT2D eigenvalue weighted by Gasteiger charge is -2.23. The maximum Gasteiger partial charge on any atom is 0.0537 e. The SMILES string of the molecule is CCNC(c1cnn(CC)c1)C1CCC(CC)C1. The minimum absolute atomic E-state index is 0.506. The third-order valence-electron chi connectivity index (χ3n) is 4.39. The molecular formula is C15H27N3. The Morgan fingerprint density at radius 2 is 2.22 bits per heavy atom. The Morgan fingerprint density at radius 1 is 1.39 bits per heavy atom. The topological polar surface area (TPSA) is 29.9 Å². The second-order valence-corrected chi connectivity index (χ2v) is 5.51. The molecule has 1 fully saturated rings. The minimum atomic E-state index is 0.506. The van der Waals surface area contributed by atoms with Gasteiger partial charge in [0.05, 0.1) is 6.20 Å². The zero-order valence-electron chi connectivity index (χ0n) is 12.0. The van der Waals surface area contributed by atoms with Crippen LogP contribution in [0.4, 0.5) is 0 Å². The van der Waals surface area contributed by atoms with Gasteiger partial charge in [-0.25, -0.2) is 0 Å². The van der Waals surface area contributed by atoms with Crippen LogP contribution in [-0.4, -0.2) is 16.3 Å². The molecule has 102 valence electrons. The molecular weight excluding hydrogens is 222 g/mol. The second kappa shape index (κ2) is 6.37. The third kappa shape index (κ3) is 2.94. The molecule has 1 heterocycles. The van der Waals surface area contributed by atoms with Gasteiger partial charge in [-0.3, -0.25) is 4.68 Å². The molecule has 0 radical (unpaired) electrons. The lowest BCUT2D eigenvalue weighted by molar-refractivity contribution is 0.359. The van der Waals surface area contributed by atoms with Crippen molar-refractivity contribution in [2.75, 3.05) is 6.54 Å². The van der Waals surface area contributed by atoms with Gasteiger partial charge in [0, 0.05) is 24.3 Å². The third-order valence-corrected chi connectivity index (χ3v) is 4.39. The van der Waals surface area contributed by atoms with E-state index in [0.717, 1.165) is 24.9 Å². The van der Waals surface area contributed by atoms with Gasteiger partial charge < -0.3 is 5.32 Å². The van der Waals surface area contributed by atoms with Gasteiger partial charge >= 0.3 is 0 Å². The van der Waals surface area contributed by atoms with Crippen molar-refractivity contribution in [1.82, 2.24) is 15.1 Å². The van der Waals surface area contributed by atoms with E-state index >= 15 is 0 Å². The summed E-state index contributed by atoms with van der Waals surface area (Å²) in [6.45, 7) is 8.66. The normalized spacial score (nSPS) is 25.5.